The average molecular weight is 354 g/mol. The van der Waals surface area contributed by atoms with Gasteiger partial charge in [0.25, 0.3) is 0 Å². The first kappa shape index (κ1) is 15.7. The van der Waals surface area contributed by atoms with Gasteiger partial charge in [-0.25, -0.2) is 4.98 Å². The predicted octanol–water partition coefficient (Wildman–Crippen LogP) is 2.02. The van der Waals surface area contributed by atoms with Gasteiger partial charge in [0.15, 0.2) is 11.5 Å². The van der Waals surface area contributed by atoms with Crippen molar-refractivity contribution in [3.63, 3.8) is 0 Å². The van der Waals surface area contributed by atoms with Gasteiger partial charge in [0.2, 0.25) is 18.6 Å². The number of carbonyl (C=O) groups is 1. The van der Waals surface area contributed by atoms with E-state index >= 15 is 0 Å². The summed E-state index contributed by atoms with van der Waals surface area (Å²) in [6.45, 7) is 3.67. The van der Waals surface area contributed by atoms with Crippen LogP contribution in [0.5, 0.6) is 11.5 Å². The molecule has 1 saturated heterocycles. The standard InChI is InChI=1S/C19H22N4O3/c24-18(14-3-1-6-20-10-14)23-8-2-7-22-11-15(21-19(22)23)13-4-5-16-17(9-13)26-12-25-16/h4-5,9,11,14,20H,1-3,6-8,10,12H2/t14-/m0/s1. The summed E-state index contributed by atoms with van der Waals surface area (Å²) < 4.78 is 12.9. The van der Waals surface area contributed by atoms with E-state index < -0.39 is 0 Å². The molecule has 3 aliphatic rings. The molecule has 3 aliphatic heterocycles. The maximum atomic E-state index is 13.0. The number of benzene rings is 1. The molecule has 1 N–H and O–H groups in total. The highest BCUT2D eigenvalue weighted by Gasteiger charge is 2.31. The molecular weight excluding hydrogens is 332 g/mol. The second-order valence-corrected chi connectivity index (χ2v) is 7.07. The van der Waals surface area contributed by atoms with Crippen LogP contribution in [-0.4, -0.2) is 41.9 Å². The highest BCUT2D eigenvalue weighted by Crippen LogP contribution is 2.36. The van der Waals surface area contributed by atoms with E-state index in [9.17, 15) is 4.79 Å². The molecule has 1 aromatic carbocycles. The maximum absolute atomic E-state index is 13.0. The summed E-state index contributed by atoms with van der Waals surface area (Å²) in [6, 6.07) is 5.85. The number of amides is 1. The largest absolute Gasteiger partial charge is 0.454 e. The van der Waals surface area contributed by atoms with Gasteiger partial charge in [0, 0.05) is 31.4 Å². The van der Waals surface area contributed by atoms with Crippen LogP contribution in [-0.2, 0) is 11.3 Å². The van der Waals surface area contributed by atoms with Crippen LogP contribution in [0, 0.1) is 5.92 Å². The first-order valence-corrected chi connectivity index (χ1v) is 9.29. The molecule has 26 heavy (non-hydrogen) atoms. The van der Waals surface area contributed by atoms with Gasteiger partial charge in [0.1, 0.15) is 0 Å². The summed E-state index contributed by atoms with van der Waals surface area (Å²) in [6.07, 6.45) is 5.00. The number of hydrogen-bond donors (Lipinski definition) is 1. The van der Waals surface area contributed by atoms with Crippen LogP contribution in [0.4, 0.5) is 5.95 Å². The van der Waals surface area contributed by atoms with Crippen LogP contribution < -0.4 is 19.7 Å². The Hall–Kier alpha value is -2.54. The Morgan fingerprint density at radius 3 is 3.00 bits per heavy atom. The Bertz CT molecular complexity index is 841. The van der Waals surface area contributed by atoms with E-state index in [1.165, 1.54) is 0 Å². The van der Waals surface area contributed by atoms with E-state index in [0.29, 0.717) is 0 Å². The predicted molar refractivity (Wildman–Crippen MR) is 96.3 cm³/mol. The number of imidazole rings is 1. The first-order chi connectivity index (χ1) is 12.8. The van der Waals surface area contributed by atoms with Gasteiger partial charge >= 0.3 is 0 Å². The lowest BCUT2D eigenvalue weighted by molar-refractivity contribution is -0.123. The van der Waals surface area contributed by atoms with Gasteiger partial charge in [0.05, 0.1) is 11.6 Å². The summed E-state index contributed by atoms with van der Waals surface area (Å²) in [7, 11) is 0. The quantitative estimate of drug-likeness (QED) is 0.894. The molecule has 1 aromatic heterocycles. The van der Waals surface area contributed by atoms with E-state index in [2.05, 4.69) is 9.88 Å². The van der Waals surface area contributed by atoms with Gasteiger partial charge in [-0.1, -0.05) is 0 Å². The second-order valence-electron chi connectivity index (χ2n) is 7.07. The van der Waals surface area contributed by atoms with Crippen molar-refractivity contribution in [3.05, 3.63) is 24.4 Å². The Balaban J connectivity index is 1.45. The molecule has 1 fully saturated rings. The monoisotopic (exact) mass is 354 g/mol. The number of nitrogens with one attached hydrogen (secondary N) is 1. The molecule has 0 unspecified atom stereocenters. The molecule has 5 rings (SSSR count). The summed E-state index contributed by atoms with van der Waals surface area (Å²) >= 11 is 0. The molecule has 1 amide bonds. The molecule has 0 saturated carbocycles. The van der Waals surface area contributed by atoms with Crippen LogP contribution >= 0.6 is 0 Å². The number of aryl methyl sites for hydroxylation is 1. The van der Waals surface area contributed by atoms with Crippen LogP contribution in [0.3, 0.4) is 0 Å². The topological polar surface area (TPSA) is 68.6 Å². The van der Waals surface area contributed by atoms with E-state index in [1.54, 1.807) is 0 Å². The second kappa shape index (κ2) is 6.32. The molecule has 1 atom stereocenters. The van der Waals surface area contributed by atoms with Gasteiger partial charge in [-0.05, 0) is 44.0 Å². The fourth-order valence-corrected chi connectivity index (χ4v) is 3.97. The molecule has 136 valence electrons. The highest BCUT2D eigenvalue weighted by molar-refractivity contribution is 5.94. The van der Waals surface area contributed by atoms with Crippen molar-refractivity contribution in [3.8, 4) is 22.8 Å². The van der Waals surface area contributed by atoms with Crippen LogP contribution in [0.25, 0.3) is 11.3 Å². The molecule has 0 radical (unpaired) electrons. The highest BCUT2D eigenvalue weighted by atomic mass is 16.7. The Morgan fingerprint density at radius 1 is 1.19 bits per heavy atom. The van der Waals surface area contributed by atoms with Crippen molar-refractivity contribution in [2.75, 3.05) is 31.3 Å². The molecule has 0 bridgehead atoms. The number of carbonyl (C=O) groups excluding carboxylic acids is 1. The van der Waals surface area contributed by atoms with Crippen molar-refractivity contribution >= 4 is 11.9 Å². The fourth-order valence-electron chi connectivity index (χ4n) is 3.97. The number of hydrogen-bond acceptors (Lipinski definition) is 5. The lowest BCUT2D eigenvalue weighted by Gasteiger charge is -2.31. The summed E-state index contributed by atoms with van der Waals surface area (Å²) in [5.74, 6) is 2.52. The number of fused-ring (bicyclic) bond motifs is 2. The van der Waals surface area contributed by atoms with Gasteiger partial charge in [-0.2, -0.15) is 0 Å². The van der Waals surface area contributed by atoms with Crippen molar-refractivity contribution < 1.29 is 14.3 Å². The molecule has 7 nitrogen and oxygen atoms in total. The SMILES string of the molecule is O=C([C@H]1CCCNC1)N1CCCn2cc(-c3ccc4c(c3)OCO4)nc21. The minimum atomic E-state index is 0.0565. The average Bonchev–Trinajstić information content (AvgIpc) is 3.33. The zero-order valence-electron chi connectivity index (χ0n) is 14.6. The van der Waals surface area contributed by atoms with Crippen molar-refractivity contribution in [1.82, 2.24) is 14.9 Å². The minimum Gasteiger partial charge on any atom is -0.454 e. The Morgan fingerprint density at radius 2 is 2.12 bits per heavy atom. The van der Waals surface area contributed by atoms with E-state index in [-0.39, 0.29) is 18.6 Å². The van der Waals surface area contributed by atoms with Crippen LogP contribution in [0.2, 0.25) is 0 Å². The number of nitrogens with zero attached hydrogens (tertiary/aromatic N) is 3. The molecule has 0 aliphatic carbocycles. The van der Waals surface area contributed by atoms with Crippen LogP contribution in [0.1, 0.15) is 19.3 Å². The third kappa shape index (κ3) is 2.63. The molecule has 2 aromatic rings. The number of ether oxygens (including phenoxy) is 2. The molecular formula is C19H22N4O3. The van der Waals surface area contributed by atoms with E-state index in [0.717, 1.165) is 74.1 Å². The minimum absolute atomic E-state index is 0.0565. The lowest BCUT2D eigenvalue weighted by atomic mass is 9.98. The third-order valence-corrected chi connectivity index (χ3v) is 5.36. The van der Waals surface area contributed by atoms with Crippen LogP contribution in [0.15, 0.2) is 24.4 Å². The number of anilines is 1. The first-order valence-electron chi connectivity index (χ1n) is 9.29. The number of piperidine rings is 1. The molecule has 4 heterocycles. The number of rotatable bonds is 2. The summed E-state index contributed by atoms with van der Waals surface area (Å²) in [4.78, 5) is 19.7. The van der Waals surface area contributed by atoms with Gasteiger partial charge < -0.3 is 19.4 Å². The zero-order valence-corrected chi connectivity index (χ0v) is 14.6. The van der Waals surface area contributed by atoms with E-state index in [4.69, 9.17) is 14.5 Å². The lowest BCUT2D eigenvalue weighted by Crippen LogP contribution is -2.46. The molecule has 7 heteroatoms. The van der Waals surface area contributed by atoms with E-state index in [1.807, 2.05) is 29.3 Å². The Labute approximate surface area is 151 Å². The van der Waals surface area contributed by atoms with Crippen molar-refractivity contribution in [2.45, 2.75) is 25.8 Å². The van der Waals surface area contributed by atoms with Gasteiger partial charge in [-0.15, -0.1) is 0 Å². The summed E-state index contributed by atoms with van der Waals surface area (Å²) in [5, 5.41) is 3.33. The normalized spacial score (nSPS) is 21.5. The third-order valence-electron chi connectivity index (χ3n) is 5.36. The Kier molecular flexibility index (Phi) is 3.81. The smallest absolute Gasteiger partial charge is 0.233 e. The maximum Gasteiger partial charge on any atom is 0.233 e. The zero-order chi connectivity index (χ0) is 17.5. The van der Waals surface area contributed by atoms with Crippen molar-refractivity contribution in [1.29, 1.82) is 0 Å². The fraction of sp³-hybridized carbons (Fsp3) is 0.474. The van der Waals surface area contributed by atoms with Crippen molar-refractivity contribution in [2.24, 2.45) is 5.92 Å². The summed E-state index contributed by atoms with van der Waals surface area (Å²) in [5.41, 5.74) is 1.84. The number of aromatic nitrogens is 2. The van der Waals surface area contributed by atoms with Gasteiger partial charge in [-0.3, -0.25) is 9.69 Å². The molecule has 0 spiro atoms.